The van der Waals surface area contributed by atoms with Crippen LogP contribution in [0.1, 0.15) is 32.6 Å². The van der Waals surface area contributed by atoms with Crippen molar-refractivity contribution in [2.45, 2.75) is 43.0 Å². The van der Waals surface area contributed by atoms with Crippen LogP contribution in [0.2, 0.25) is 0 Å². The fourth-order valence-electron chi connectivity index (χ4n) is 2.78. The van der Waals surface area contributed by atoms with Gasteiger partial charge in [-0.15, -0.1) is 0 Å². The first-order chi connectivity index (χ1) is 9.91. The highest BCUT2D eigenvalue weighted by Gasteiger charge is 2.33. The van der Waals surface area contributed by atoms with Gasteiger partial charge < -0.3 is 10.4 Å². The maximum Gasteiger partial charge on any atom is 0.240 e. The summed E-state index contributed by atoms with van der Waals surface area (Å²) < 4.78 is 25.7. The highest BCUT2D eigenvalue weighted by atomic mass is 32.2. The molecule has 0 heterocycles. The van der Waals surface area contributed by atoms with Crippen LogP contribution in [-0.2, 0) is 10.0 Å². The molecule has 0 unspecified atom stereocenters. The van der Waals surface area contributed by atoms with E-state index in [-0.39, 0.29) is 17.0 Å². The van der Waals surface area contributed by atoms with Crippen LogP contribution in [0, 0.1) is 5.92 Å². The van der Waals surface area contributed by atoms with E-state index >= 15 is 0 Å². The number of hydrogen-bond donors (Lipinski definition) is 3. The van der Waals surface area contributed by atoms with Crippen molar-refractivity contribution in [1.82, 2.24) is 4.72 Å². The van der Waals surface area contributed by atoms with Gasteiger partial charge in [0.2, 0.25) is 10.0 Å². The zero-order valence-electron chi connectivity index (χ0n) is 12.6. The molecule has 0 spiro atoms. The first kappa shape index (κ1) is 16.3. The molecule has 0 aromatic heterocycles. The molecule has 1 aliphatic rings. The topological polar surface area (TPSA) is 78.4 Å². The largest absolute Gasteiger partial charge is 0.394 e. The van der Waals surface area contributed by atoms with Gasteiger partial charge in [-0.25, -0.2) is 13.1 Å². The van der Waals surface area contributed by atoms with Crippen LogP contribution < -0.4 is 10.0 Å². The number of anilines is 1. The van der Waals surface area contributed by atoms with E-state index in [0.29, 0.717) is 5.92 Å². The van der Waals surface area contributed by atoms with E-state index in [1.54, 1.807) is 24.3 Å². The molecule has 2 rings (SSSR count). The van der Waals surface area contributed by atoms with Gasteiger partial charge in [-0.1, -0.05) is 6.92 Å². The van der Waals surface area contributed by atoms with Gasteiger partial charge in [-0.05, 0) is 62.9 Å². The monoisotopic (exact) mass is 312 g/mol. The van der Waals surface area contributed by atoms with E-state index in [1.807, 2.05) is 0 Å². The molecule has 0 saturated heterocycles. The van der Waals surface area contributed by atoms with Gasteiger partial charge in [0.1, 0.15) is 0 Å². The lowest BCUT2D eigenvalue weighted by Gasteiger charge is -2.39. The summed E-state index contributed by atoms with van der Waals surface area (Å²) in [5.41, 5.74) is 0.560. The van der Waals surface area contributed by atoms with E-state index in [9.17, 15) is 13.5 Å². The molecule has 0 amide bonds. The Kier molecular flexibility index (Phi) is 4.91. The minimum absolute atomic E-state index is 0.0935. The summed E-state index contributed by atoms with van der Waals surface area (Å²) in [5.74, 6) is 0.703. The zero-order valence-corrected chi connectivity index (χ0v) is 13.4. The zero-order chi connectivity index (χ0) is 15.5. The van der Waals surface area contributed by atoms with Gasteiger partial charge in [0, 0.05) is 5.69 Å². The molecule has 3 N–H and O–H groups in total. The molecule has 118 valence electrons. The second-order valence-corrected chi connectivity index (χ2v) is 7.86. The summed E-state index contributed by atoms with van der Waals surface area (Å²) in [5, 5.41) is 13.1. The maximum absolute atomic E-state index is 11.7. The molecule has 1 fully saturated rings. The number of sulfonamides is 1. The number of benzene rings is 1. The summed E-state index contributed by atoms with van der Waals surface area (Å²) in [6.45, 7) is 2.33. The summed E-state index contributed by atoms with van der Waals surface area (Å²) in [6.07, 6.45) is 4.06. The first-order valence-corrected chi connectivity index (χ1v) is 8.82. The van der Waals surface area contributed by atoms with Gasteiger partial charge in [0.15, 0.2) is 0 Å². The fraction of sp³-hybridized carbons (Fsp3) is 0.600. The SMILES string of the molecule is CNS(=O)(=O)c1ccc(NC2(CO)CCC(C)CC2)cc1. The van der Waals surface area contributed by atoms with E-state index in [4.69, 9.17) is 0 Å². The number of nitrogens with one attached hydrogen (secondary N) is 2. The van der Waals surface area contributed by atoms with Gasteiger partial charge >= 0.3 is 0 Å². The van der Waals surface area contributed by atoms with Gasteiger partial charge in [-0.3, -0.25) is 0 Å². The minimum atomic E-state index is -3.40. The third kappa shape index (κ3) is 3.75. The van der Waals surface area contributed by atoms with Crippen LogP contribution in [0.3, 0.4) is 0 Å². The van der Waals surface area contributed by atoms with Gasteiger partial charge in [-0.2, -0.15) is 0 Å². The second kappa shape index (κ2) is 6.34. The Bertz CT molecular complexity index is 561. The predicted octanol–water partition coefficient (Wildman–Crippen LogP) is 1.95. The molecule has 1 aromatic rings. The predicted molar refractivity (Wildman–Crippen MR) is 83.8 cm³/mol. The molecule has 21 heavy (non-hydrogen) atoms. The Morgan fingerprint density at radius 2 is 1.81 bits per heavy atom. The Morgan fingerprint density at radius 3 is 2.29 bits per heavy atom. The van der Waals surface area contributed by atoms with Crippen molar-refractivity contribution >= 4 is 15.7 Å². The molecule has 0 aliphatic heterocycles. The van der Waals surface area contributed by atoms with Crippen molar-refractivity contribution in [3.05, 3.63) is 24.3 Å². The smallest absolute Gasteiger partial charge is 0.240 e. The van der Waals surface area contributed by atoms with E-state index in [1.165, 1.54) is 7.05 Å². The summed E-state index contributed by atoms with van der Waals surface area (Å²) >= 11 is 0. The molecule has 1 aliphatic carbocycles. The quantitative estimate of drug-likeness (QED) is 0.776. The standard InChI is InChI=1S/C15H24N2O3S/c1-12-7-9-15(11-18,10-8-12)17-13-3-5-14(6-4-13)21(19,20)16-2/h3-6,12,16-18H,7-11H2,1-2H3. The Labute approximate surface area is 126 Å². The number of aliphatic hydroxyl groups excluding tert-OH is 1. The summed E-state index contributed by atoms with van der Waals surface area (Å²) in [7, 11) is -2.01. The van der Waals surface area contributed by atoms with Crippen LogP contribution in [-0.4, -0.2) is 32.7 Å². The normalized spacial score (nSPS) is 26.5. The molecule has 0 radical (unpaired) electrons. The van der Waals surface area contributed by atoms with Crippen LogP contribution in [0.5, 0.6) is 0 Å². The molecule has 0 atom stereocenters. The fourth-order valence-corrected chi connectivity index (χ4v) is 3.51. The van der Waals surface area contributed by atoms with Crippen molar-refractivity contribution in [2.75, 3.05) is 19.0 Å². The van der Waals surface area contributed by atoms with Gasteiger partial charge in [0.05, 0.1) is 17.0 Å². The summed E-state index contributed by atoms with van der Waals surface area (Å²) in [4.78, 5) is 0.242. The Balaban J connectivity index is 2.12. The Morgan fingerprint density at radius 1 is 1.24 bits per heavy atom. The van der Waals surface area contributed by atoms with Crippen molar-refractivity contribution in [3.63, 3.8) is 0 Å². The average molecular weight is 312 g/mol. The minimum Gasteiger partial charge on any atom is -0.394 e. The van der Waals surface area contributed by atoms with Crippen molar-refractivity contribution in [3.8, 4) is 0 Å². The lowest BCUT2D eigenvalue weighted by molar-refractivity contribution is 0.155. The molecule has 0 bridgehead atoms. The van der Waals surface area contributed by atoms with E-state index in [2.05, 4.69) is 17.0 Å². The molecule has 1 aromatic carbocycles. The lowest BCUT2D eigenvalue weighted by Crippen LogP contribution is -2.45. The summed E-state index contributed by atoms with van der Waals surface area (Å²) in [6, 6.07) is 6.65. The third-order valence-electron chi connectivity index (χ3n) is 4.38. The first-order valence-electron chi connectivity index (χ1n) is 7.33. The average Bonchev–Trinajstić information content (AvgIpc) is 2.50. The van der Waals surface area contributed by atoms with Crippen LogP contribution >= 0.6 is 0 Å². The molecule has 1 saturated carbocycles. The second-order valence-electron chi connectivity index (χ2n) is 5.98. The third-order valence-corrected chi connectivity index (χ3v) is 5.81. The maximum atomic E-state index is 11.7. The van der Waals surface area contributed by atoms with Crippen molar-refractivity contribution in [1.29, 1.82) is 0 Å². The number of rotatable bonds is 5. The van der Waals surface area contributed by atoms with Crippen molar-refractivity contribution < 1.29 is 13.5 Å². The molecular weight excluding hydrogens is 288 g/mol. The van der Waals surface area contributed by atoms with Gasteiger partial charge in [0.25, 0.3) is 0 Å². The molecular formula is C15H24N2O3S. The van der Waals surface area contributed by atoms with Crippen LogP contribution in [0.25, 0.3) is 0 Å². The van der Waals surface area contributed by atoms with Crippen LogP contribution in [0.15, 0.2) is 29.2 Å². The highest BCUT2D eigenvalue weighted by Crippen LogP contribution is 2.34. The highest BCUT2D eigenvalue weighted by molar-refractivity contribution is 7.89. The van der Waals surface area contributed by atoms with E-state index in [0.717, 1.165) is 31.4 Å². The van der Waals surface area contributed by atoms with Crippen LogP contribution in [0.4, 0.5) is 5.69 Å². The van der Waals surface area contributed by atoms with Crippen molar-refractivity contribution in [2.24, 2.45) is 5.92 Å². The van der Waals surface area contributed by atoms with E-state index < -0.39 is 10.0 Å². The Hall–Kier alpha value is -1.11. The number of aliphatic hydroxyl groups is 1. The molecule has 6 heteroatoms. The lowest BCUT2D eigenvalue weighted by atomic mass is 9.77. The number of hydrogen-bond acceptors (Lipinski definition) is 4. The molecule has 5 nitrogen and oxygen atoms in total.